The number of methoxy groups -OCH3 is 1. The van der Waals surface area contributed by atoms with Gasteiger partial charge in [-0.2, -0.15) is 5.10 Å². The van der Waals surface area contributed by atoms with Crippen LogP contribution in [0.3, 0.4) is 0 Å². The Morgan fingerprint density at radius 2 is 1.97 bits per heavy atom. The molecule has 3 aromatic rings. The van der Waals surface area contributed by atoms with E-state index in [4.69, 9.17) is 4.74 Å². The summed E-state index contributed by atoms with van der Waals surface area (Å²) >= 11 is 0. The first-order valence-corrected chi connectivity index (χ1v) is 9.03. The van der Waals surface area contributed by atoms with Gasteiger partial charge < -0.3 is 15.2 Å². The van der Waals surface area contributed by atoms with Gasteiger partial charge in [0.1, 0.15) is 22.9 Å². The van der Waals surface area contributed by atoms with E-state index in [0.29, 0.717) is 17.2 Å². The molecule has 0 saturated heterocycles. The van der Waals surface area contributed by atoms with Crippen LogP contribution < -0.4 is 10.1 Å². The van der Waals surface area contributed by atoms with Gasteiger partial charge in [-0.15, -0.1) is 0 Å². The molecule has 8 heteroatoms. The van der Waals surface area contributed by atoms with Crippen LogP contribution in [0.25, 0.3) is 5.69 Å². The molecule has 0 spiro atoms. The number of halogens is 1. The van der Waals surface area contributed by atoms with E-state index >= 15 is 0 Å². The Morgan fingerprint density at radius 3 is 2.59 bits per heavy atom. The predicted molar refractivity (Wildman–Crippen MR) is 108 cm³/mol. The van der Waals surface area contributed by atoms with E-state index < -0.39 is 11.8 Å². The van der Waals surface area contributed by atoms with Gasteiger partial charge in [0.05, 0.1) is 12.8 Å². The lowest BCUT2D eigenvalue weighted by molar-refractivity contribution is 0.0697. The van der Waals surface area contributed by atoms with Crippen molar-refractivity contribution < 1.29 is 19.0 Å². The molecule has 0 saturated carbocycles. The molecule has 0 radical (unpaired) electrons. The third kappa shape index (κ3) is 4.06. The zero-order chi connectivity index (χ0) is 21.3. The molecule has 0 aliphatic heterocycles. The molecule has 0 aliphatic rings. The molecule has 0 unspecified atom stereocenters. The second kappa shape index (κ2) is 7.54. The number of nitrogens with one attached hydrogen (secondary N) is 1. The average Bonchev–Trinajstić information content (AvgIpc) is 3.05. The van der Waals surface area contributed by atoms with Crippen LogP contribution in [0, 0.1) is 12.7 Å². The Labute approximate surface area is 168 Å². The number of hydrogen-bond acceptors (Lipinski definition) is 5. The number of ether oxygens (including phenoxy) is 1. The Bertz CT molecular complexity index is 1070. The summed E-state index contributed by atoms with van der Waals surface area (Å²) in [5.74, 6) is -0.974. The minimum Gasteiger partial charge on any atom is -0.492 e. The van der Waals surface area contributed by atoms with Crippen molar-refractivity contribution in [3.63, 3.8) is 0 Å². The van der Waals surface area contributed by atoms with E-state index in [1.54, 1.807) is 31.2 Å². The lowest BCUT2D eigenvalue weighted by Gasteiger charge is -2.15. The number of aryl methyl sites for hydroxylation is 1. The normalized spacial score (nSPS) is 11.4. The predicted octanol–water partition coefficient (Wildman–Crippen LogP) is 4.46. The lowest BCUT2D eigenvalue weighted by atomic mass is 9.92. The first kappa shape index (κ1) is 20.3. The number of carboxylic acid groups (broad SMARTS) is 1. The van der Waals surface area contributed by atoms with Gasteiger partial charge in [0.15, 0.2) is 11.6 Å². The molecular formula is C21H23FN4O3. The zero-order valence-electron chi connectivity index (χ0n) is 16.9. The molecule has 2 heterocycles. The molecule has 0 aliphatic carbocycles. The molecule has 29 heavy (non-hydrogen) atoms. The van der Waals surface area contributed by atoms with Crippen LogP contribution >= 0.6 is 0 Å². The Hall–Kier alpha value is -3.42. The van der Waals surface area contributed by atoms with E-state index in [0.717, 1.165) is 5.69 Å². The summed E-state index contributed by atoms with van der Waals surface area (Å²) in [4.78, 5) is 15.9. The SMILES string of the molecule is COc1c(F)cccc1-n1nc(C(C)(C)C)cc1Nc1nc(C)ccc1C(=O)O. The topological polar surface area (TPSA) is 89.3 Å². The highest BCUT2D eigenvalue weighted by atomic mass is 19.1. The average molecular weight is 398 g/mol. The molecule has 2 aromatic heterocycles. The molecule has 3 rings (SSSR count). The van der Waals surface area contributed by atoms with Crippen LogP contribution in [-0.4, -0.2) is 33.0 Å². The number of aromatic carboxylic acids is 1. The Morgan fingerprint density at radius 1 is 1.24 bits per heavy atom. The van der Waals surface area contributed by atoms with Crippen molar-refractivity contribution in [3.8, 4) is 11.4 Å². The molecule has 1 aromatic carbocycles. The second-order valence-electron chi connectivity index (χ2n) is 7.65. The molecule has 152 valence electrons. The smallest absolute Gasteiger partial charge is 0.339 e. The summed E-state index contributed by atoms with van der Waals surface area (Å²) in [5.41, 5.74) is 1.50. The molecule has 0 bridgehead atoms. The van der Waals surface area contributed by atoms with Crippen molar-refractivity contribution in [2.45, 2.75) is 33.1 Å². The maximum atomic E-state index is 14.3. The fourth-order valence-corrected chi connectivity index (χ4v) is 2.83. The first-order valence-electron chi connectivity index (χ1n) is 9.03. The molecule has 0 atom stereocenters. The van der Waals surface area contributed by atoms with Crippen LogP contribution in [0.4, 0.5) is 16.0 Å². The van der Waals surface area contributed by atoms with Gasteiger partial charge in [-0.1, -0.05) is 26.8 Å². The van der Waals surface area contributed by atoms with Crippen molar-refractivity contribution in [2.75, 3.05) is 12.4 Å². The molecule has 7 nitrogen and oxygen atoms in total. The quantitative estimate of drug-likeness (QED) is 0.659. The molecular weight excluding hydrogens is 375 g/mol. The second-order valence-corrected chi connectivity index (χ2v) is 7.65. The summed E-state index contributed by atoms with van der Waals surface area (Å²) in [6.45, 7) is 7.77. The maximum Gasteiger partial charge on any atom is 0.339 e. The van der Waals surface area contributed by atoms with E-state index in [9.17, 15) is 14.3 Å². The molecule has 0 amide bonds. The number of hydrogen-bond donors (Lipinski definition) is 2. The van der Waals surface area contributed by atoms with Crippen molar-refractivity contribution in [3.05, 3.63) is 59.2 Å². The van der Waals surface area contributed by atoms with Crippen molar-refractivity contribution in [1.29, 1.82) is 0 Å². The van der Waals surface area contributed by atoms with E-state index in [-0.39, 0.29) is 22.5 Å². The molecule has 2 N–H and O–H groups in total. The first-order chi connectivity index (χ1) is 13.6. The third-order valence-corrected chi connectivity index (χ3v) is 4.37. The summed E-state index contributed by atoms with van der Waals surface area (Å²) in [6, 6.07) is 9.44. The van der Waals surface area contributed by atoms with Gasteiger partial charge in [-0.05, 0) is 31.2 Å². The summed E-state index contributed by atoms with van der Waals surface area (Å²) < 4.78 is 21.0. The van der Waals surface area contributed by atoms with E-state index in [1.165, 1.54) is 23.9 Å². The minimum atomic E-state index is -1.11. The summed E-state index contributed by atoms with van der Waals surface area (Å²) in [5, 5.41) is 17.2. The highest BCUT2D eigenvalue weighted by molar-refractivity contribution is 5.94. The van der Waals surface area contributed by atoms with Gasteiger partial charge in [-0.3, -0.25) is 0 Å². The van der Waals surface area contributed by atoms with Crippen LogP contribution in [0.15, 0.2) is 36.4 Å². The third-order valence-electron chi connectivity index (χ3n) is 4.37. The number of pyridine rings is 1. The number of aromatic nitrogens is 3. The van der Waals surface area contributed by atoms with Crippen LogP contribution in [-0.2, 0) is 5.41 Å². The number of rotatable bonds is 5. The lowest BCUT2D eigenvalue weighted by Crippen LogP contribution is -2.13. The Kier molecular flexibility index (Phi) is 5.28. The summed E-state index contributed by atoms with van der Waals surface area (Å²) in [6.07, 6.45) is 0. The fraction of sp³-hybridized carbons (Fsp3) is 0.286. The molecule has 0 fully saturated rings. The van der Waals surface area contributed by atoms with Gasteiger partial charge in [-0.25, -0.2) is 18.9 Å². The van der Waals surface area contributed by atoms with Crippen LogP contribution in [0.1, 0.15) is 42.5 Å². The van der Waals surface area contributed by atoms with Crippen molar-refractivity contribution >= 4 is 17.6 Å². The van der Waals surface area contributed by atoms with E-state index in [2.05, 4.69) is 15.4 Å². The maximum absolute atomic E-state index is 14.3. The number of anilines is 2. The number of para-hydroxylation sites is 1. The van der Waals surface area contributed by atoms with Gasteiger partial charge in [0, 0.05) is 17.2 Å². The van der Waals surface area contributed by atoms with Crippen LogP contribution in [0.2, 0.25) is 0 Å². The standard InChI is InChI=1S/C21H23FN4O3/c1-12-9-10-13(20(27)28)19(23-12)24-17-11-16(21(2,3)4)25-26(17)15-8-6-7-14(22)18(15)29-5/h6-11H,1-5H3,(H,23,24)(H,27,28). The number of carbonyl (C=O) groups is 1. The zero-order valence-corrected chi connectivity index (χ0v) is 16.9. The van der Waals surface area contributed by atoms with Crippen molar-refractivity contribution in [2.24, 2.45) is 0 Å². The highest BCUT2D eigenvalue weighted by Crippen LogP contribution is 2.33. The van der Waals surface area contributed by atoms with Crippen molar-refractivity contribution in [1.82, 2.24) is 14.8 Å². The van der Waals surface area contributed by atoms with E-state index in [1.807, 2.05) is 20.8 Å². The fourth-order valence-electron chi connectivity index (χ4n) is 2.83. The monoisotopic (exact) mass is 398 g/mol. The van der Waals surface area contributed by atoms with Gasteiger partial charge in [0.2, 0.25) is 0 Å². The van der Waals surface area contributed by atoms with Crippen LogP contribution in [0.5, 0.6) is 5.75 Å². The number of benzene rings is 1. The largest absolute Gasteiger partial charge is 0.492 e. The summed E-state index contributed by atoms with van der Waals surface area (Å²) in [7, 11) is 1.38. The Balaban J connectivity index is 2.21. The van der Waals surface area contributed by atoms with Gasteiger partial charge >= 0.3 is 5.97 Å². The number of carboxylic acids is 1. The highest BCUT2D eigenvalue weighted by Gasteiger charge is 2.24. The minimum absolute atomic E-state index is 0.0202. The van der Waals surface area contributed by atoms with Gasteiger partial charge in [0.25, 0.3) is 0 Å². The number of nitrogens with zero attached hydrogens (tertiary/aromatic N) is 3.